The van der Waals surface area contributed by atoms with Crippen molar-refractivity contribution in [2.24, 2.45) is 5.10 Å². The van der Waals surface area contributed by atoms with Crippen LogP contribution in [0.4, 0.5) is 0 Å². The summed E-state index contributed by atoms with van der Waals surface area (Å²) >= 11 is 0. The molecule has 3 rings (SSSR count). The zero-order chi connectivity index (χ0) is 13.6. The molecule has 0 saturated heterocycles. The van der Waals surface area contributed by atoms with Gasteiger partial charge in [-0.1, -0.05) is 0 Å². The molecule has 0 radical (unpaired) electrons. The second-order valence-electron chi connectivity index (χ2n) is 4.95. The zero-order valence-corrected chi connectivity index (χ0v) is 11.1. The number of nitrogens with zero attached hydrogens (tertiary/aromatic N) is 4. The Morgan fingerprint density at radius 2 is 2.26 bits per heavy atom. The number of carbonyl (C=O) groups is 1. The van der Waals surface area contributed by atoms with Gasteiger partial charge in [0.2, 0.25) is 0 Å². The molecule has 19 heavy (non-hydrogen) atoms. The number of aromatic nitrogens is 2. The first-order chi connectivity index (χ1) is 9.08. The summed E-state index contributed by atoms with van der Waals surface area (Å²) in [4.78, 5) is 12.4. The Hall–Kier alpha value is -1.73. The summed E-state index contributed by atoms with van der Waals surface area (Å²) < 4.78 is 1.68. The number of carbonyl (C=O) groups excluding carboxylic acids is 1. The van der Waals surface area contributed by atoms with E-state index in [1.54, 1.807) is 18.7 Å². The molecule has 0 aromatic carbocycles. The second-order valence-corrected chi connectivity index (χ2v) is 4.95. The molecule has 1 unspecified atom stereocenters. The van der Waals surface area contributed by atoms with Gasteiger partial charge in [-0.25, -0.2) is 5.01 Å². The molecule has 0 saturated carbocycles. The summed E-state index contributed by atoms with van der Waals surface area (Å²) in [6, 6.07) is 0. The van der Waals surface area contributed by atoms with Gasteiger partial charge < -0.3 is 10.4 Å². The molecular weight excluding hydrogens is 246 g/mol. The highest BCUT2D eigenvalue weighted by atomic mass is 16.3. The molecule has 2 N–H and O–H groups in total. The fourth-order valence-electron chi connectivity index (χ4n) is 2.50. The quantitative estimate of drug-likeness (QED) is 0.705. The minimum absolute atomic E-state index is 0.173. The van der Waals surface area contributed by atoms with E-state index < -0.39 is 6.10 Å². The Bertz CT molecular complexity index is 561. The van der Waals surface area contributed by atoms with E-state index in [0.717, 1.165) is 24.2 Å². The number of hydrogen-bond acceptors (Lipinski definition) is 5. The van der Waals surface area contributed by atoms with Gasteiger partial charge in [0.25, 0.3) is 5.91 Å². The number of amides is 1. The van der Waals surface area contributed by atoms with E-state index >= 15 is 0 Å². The molecule has 0 bridgehead atoms. The van der Waals surface area contributed by atoms with E-state index in [1.807, 2.05) is 0 Å². The average Bonchev–Trinajstić information content (AvgIpc) is 2.68. The Kier molecular flexibility index (Phi) is 2.87. The first-order valence-corrected chi connectivity index (χ1v) is 6.40. The molecule has 1 aromatic rings. The van der Waals surface area contributed by atoms with Crippen molar-refractivity contribution in [1.82, 2.24) is 20.1 Å². The van der Waals surface area contributed by atoms with E-state index in [1.165, 1.54) is 5.01 Å². The van der Waals surface area contributed by atoms with Crippen molar-refractivity contribution < 1.29 is 9.90 Å². The van der Waals surface area contributed by atoms with Crippen LogP contribution in [-0.2, 0) is 19.5 Å². The van der Waals surface area contributed by atoms with Crippen molar-refractivity contribution in [3.05, 3.63) is 17.0 Å². The Labute approximate surface area is 110 Å². The lowest BCUT2D eigenvalue weighted by Crippen LogP contribution is -2.28. The Balaban J connectivity index is 2.11. The molecule has 0 aliphatic carbocycles. The monoisotopic (exact) mass is 263 g/mol. The minimum atomic E-state index is -0.694. The maximum Gasteiger partial charge on any atom is 0.292 e. The van der Waals surface area contributed by atoms with Gasteiger partial charge in [0.1, 0.15) is 5.69 Å². The predicted octanol–water partition coefficient (Wildman–Crippen LogP) is -0.649. The molecular formula is C12H17N5O2. The largest absolute Gasteiger partial charge is 0.387 e. The molecule has 1 aromatic heterocycles. The fraction of sp³-hybridized carbons (Fsp3) is 0.583. The third kappa shape index (κ3) is 1.95. The van der Waals surface area contributed by atoms with Crippen molar-refractivity contribution >= 4 is 11.6 Å². The van der Waals surface area contributed by atoms with Crippen LogP contribution < -0.4 is 5.32 Å². The first kappa shape index (κ1) is 12.3. The maximum absolute atomic E-state index is 12.4. The summed E-state index contributed by atoms with van der Waals surface area (Å²) in [6.45, 7) is 3.54. The number of rotatable bonds is 1. The van der Waals surface area contributed by atoms with Crippen molar-refractivity contribution in [2.45, 2.75) is 32.5 Å². The van der Waals surface area contributed by atoms with Gasteiger partial charge in [0.15, 0.2) is 0 Å². The molecule has 7 nitrogen and oxygen atoms in total. The molecule has 2 aliphatic rings. The van der Waals surface area contributed by atoms with Gasteiger partial charge >= 0.3 is 0 Å². The lowest BCUT2D eigenvalue weighted by atomic mass is 10.1. The standard InChI is InChI=1S/C12H17N5O2/c1-7(18)10-6-17-11(12(19)16(2)14-10)8-5-13-4-3-9(8)15-17/h7,13,18H,3-6H2,1-2H3. The average molecular weight is 263 g/mol. The van der Waals surface area contributed by atoms with Crippen molar-refractivity contribution in [3.8, 4) is 0 Å². The van der Waals surface area contributed by atoms with Crippen LogP contribution in [0.2, 0.25) is 0 Å². The van der Waals surface area contributed by atoms with Gasteiger partial charge in [0, 0.05) is 32.1 Å². The highest BCUT2D eigenvalue weighted by molar-refractivity contribution is 5.98. The summed E-state index contributed by atoms with van der Waals surface area (Å²) in [5.74, 6) is -0.173. The van der Waals surface area contributed by atoms with Crippen LogP contribution in [0.5, 0.6) is 0 Å². The summed E-state index contributed by atoms with van der Waals surface area (Å²) in [5.41, 5.74) is 3.07. The van der Waals surface area contributed by atoms with Crippen LogP contribution in [0.25, 0.3) is 0 Å². The Morgan fingerprint density at radius 3 is 3.00 bits per heavy atom. The van der Waals surface area contributed by atoms with Gasteiger partial charge in [0.05, 0.1) is 24.1 Å². The number of aliphatic hydroxyl groups is 1. The SMILES string of the molecule is CC(O)C1=NN(C)C(=O)c2c3c(nn2C1)CCNC3. The van der Waals surface area contributed by atoms with Crippen LogP contribution in [0.15, 0.2) is 5.10 Å². The molecule has 7 heteroatoms. The third-order valence-corrected chi connectivity index (χ3v) is 3.54. The van der Waals surface area contributed by atoms with Gasteiger partial charge in [-0.3, -0.25) is 9.48 Å². The van der Waals surface area contributed by atoms with Crippen LogP contribution in [0, 0.1) is 0 Å². The van der Waals surface area contributed by atoms with E-state index in [4.69, 9.17) is 0 Å². The minimum Gasteiger partial charge on any atom is -0.387 e. The maximum atomic E-state index is 12.4. The van der Waals surface area contributed by atoms with Crippen LogP contribution in [0.1, 0.15) is 28.7 Å². The number of fused-ring (bicyclic) bond motifs is 3. The van der Waals surface area contributed by atoms with Gasteiger partial charge in [-0.2, -0.15) is 10.2 Å². The number of hydrazone groups is 1. The van der Waals surface area contributed by atoms with Gasteiger partial charge in [-0.05, 0) is 6.92 Å². The van der Waals surface area contributed by atoms with Gasteiger partial charge in [-0.15, -0.1) is 0 Å². The molecule has 0 fully saturated rings. The zero-order valence-electron chi connectivity index (χ0n) is 11.1. The molecule has 2 aliphatic heterocycles. The van der Waals surface area contributed by atoms with Crippen molar-refractivity contribution in [1.29, 1.82) is 0 Å². The van der Waals surface area contributed by atoms with E-state index in [2.05, 4.69) is 15.5 Å². The summed E-state index contributed by atoms with van der Waals surface area (Å²) in [5, 5.41) is 22.9. The highest BCUT2D eigenvalue weighted by Gasteiger charge is 2.30. The summed E-state index contributed by atoms with van der Waals surface area (Å²) in [6.07, 6.45) is 0.133. The molecule has 102 valence electrons. The number of aliphatic hydroxyl groups excluding tert-OH is 1. The van der Waals surface area contributed by atoms with Crippen LogP contribution in [-0.4, -0.2) is 51.2 Å². The van der Waals surface area contributed by atoms with Crippen LogP contribution >= 0.6 is 0 Å². The number of nitrogens with one attached hydrogen (secondary N) is 1. The van der Waals surface area contributed by atoms with Crippen molar-refractivity contribution in [3.63, 3.8) is 0 Å². The molecule has 1 atom stereocenters. The van der Waals surface area contributed by atoms with E-state index in [0.29, 0.717) is 24.5 Å². The third-order valence-electron chi connectivity index (χ3n) is 3.54. The normalized spacial score (nSPS) is 20.5. The van der Waals surface area contributed by atoms with Crippen molar-refractivity contribution in [2.75, 3.05) is 13.6 Å². The lowest BCUT2D eigenvalue weighted by Gasteiger charge is -2.14. The lowest BCUT2D eigenvalue weighted by molar-refractivity contribution is 0.0790. The van der Waals surface area contributed by atoms with E-state index in [9.17, 15) is 9.90 Å². The van der Waals surface area contributed by atoms with Crippen LogP contribution in [0.3, 0.4) is 0 Å². The fourth-order valence-corrected chi connectivity index (χ4v) is 2.50. The topological polar surface area (TPSA) is 82.8 Å². The highest BCUT2D eigenvalue weighted by Crippen LogP contribution is 2.22. The summed E-state index contributed by atoms with van der Waals surface area (Å²) in [7, 11) is 1.61. The molecule has 0 spiro atoms. The van der Waals surface area contributed by atoms with E-state index in [-0.39, 0.29) is 5.91 Å². The second kappa shape index (κ2) is 4.43. The predicted molar refractivity (Wildman–Crippen MR) is 68.8 cm³/mol. The Morgan fingerprint density at radius 1 is 1.47 bits per heavy atom. The smallest absolute Gasteiger partial charge is 0.292 e. The molecule has 1 amide bonds. The first-order valence-electron chi connectivity index (χ1n) is 6.40. The molecule has 3 heterocycles. The number of hydrogen-bond donors (Lipinski definition) is 2.